The minimum absolute atomic E-state index is 0.0287. The van der Waals surface area contributed by atoms with Crippen LogP contribution in [0.1, 0.15) is 17.3 Å². The maximum Gasteiger partial charge on any atom is 0.387 e. The molecule has 0 radical (unpaired) electrons. The minimum Gasteiger partial charge on any atom is -0.493 e. The van der Waals surface area contributed by atoms with Crippen molar-refractivity contribution in [2.24, 2.45) is 0 Å². The van der Waals surface area contributed by atoms with Crippen molar-refractivity contribution in [3.05, 3.63) is 23.8 Å². The Morgan fingerprint density at radius 2 is 2.20 bits per heavy atom. The van der Waals surface area contributed by atoms with E-state index in [1.165, 1.54) is 18.2 Å². The first-order valence-electron chi connectivity index (χ1n) is 4.34. The third kappa shape index (κ3) is 3.19. The van der Waals surface area contributed by atoms with E-state index >= 15 is 0 Å². The van der Waals surface area contributed by atoms with Gasteiger partial charge in [-0.2, -0.15) is 8.78 Å². The van der Waals surface area contributed by atoms with Crippen LogP contribution in [-0.2, 0) is 0 Å². The predicted octanol–water partition coefficient (Wildman–Crippen LogP) is 2.50. The maximum atomic E-state index is 11.9. The van der Waals surface area contributed by atoms with Crippen molar-refractivity contribution < 1.29 is 23.0 Å². The smallest absolute Gasteiger partial charge is 0.387 e. The van der Waals surface area contributed by atoms with Crippen molar-refractivity contribution in [3.63, 3.8) is 0 Å². The van der Waals surface area contributed by atoms with Crippen LogP contribution in [0.25, 0.3) is 0 Å². The first-order valence-corrected chi connectivity index (χ1v) is 4.34. The summed E-state index contributed by atoms with van der Waals surface area (Å²) in [7, 11) is 0. The van der Waals surface area contributed by atoms with E-state index < -0.39 is 6.61 Å². The van der Waals surface area contributed by atoms with Gasteiger partial charge in [0.15, 0.2) is 6.29 Å². The van der Waals surface area contributed by atoms with Gasteiger partial charge in [0.25, 0.3) is 0 Å². The zero-order valence-corrected chi connectivity index (χ0v) is 8.07. The van der Waals surface area contributed by atoms with Gasteiger partial charge < -0.3 is 9.47 Å². The van der Waals surface area contributed by atoms with E-state index in [0.29, 0.717) is 18.5 Å². The number of benzene rings is 1. The number of halogens is 2. The molecule has 0 aliphatic heterocycles. The highest BCUT2D eigenvalue weighted by molar-refractivity contribution is 5.79. The minimum atomic E-state index is -2.89. The lowest BCUT2D eigenvalue weighted by atomic mass is 10.2. The van der Waals surface area contributed by atoms with Crippen LogP contribution in [-0.4, -0.2) is 19.5 Å². The number of carbonyl (C=O) groups excluding carboxylic acids is 1. The molecule has 0 unspecified atom stereocenters. The second-order valence-corrected chi connectivity index (χ2v) is 2.63. The van der Waals surface area contributed by atoms with Crippen molar-refractivity contribution in [1.29, 1.82) is 0 Å². The Labute approximate surface area is 85.6 Å². The maximum absolute atomic E-state index is 11.9. The highest BCUT2D eigenvalue weighted by atomic mass is 19.3. The molecule has 5 heteroatoms. The summed E-state index contributed by atoms with van der Waals surface area (Å²) in [6, 6.07) is 3.92. The molecule has 82 valence electrons. The molecule has 0 fully saturated rings. The molecular formula is C10H10F2O3. The Morgan fingerprint density at radius 1 is 1.47 bits per heavy atom. The SMILES string of the molecule is CCOc1cc(OC(F)F)ccc1C=O. The van der Waals surface area contributed by atoms with Gasteiger partial charge in [0, 0.05) is 6.07 Å². The van der Waals surface area contributed by atoms with E-state index in [4.69, 9.17) is 4.74 Å². The monoisotopic (exact) mass is 216 g/mol. The molecule has 0 aliphatic rings. The van der Waals surface area contributed by atoms with E-state index in [1.54, 1.807) is 6.92 Å². The molecule has 0 aromatic heterocycles. The quantitative estimate of drug-likeness (QED) is 0.709. The number of hydrogen-bond donors (Lipinski definition) is 0. The molecule has 1 rings (SSSR count). The number of carbonyl (C=O) groups is 1. The molecular weight excluding hydrogens is 206 g/mol. The molecule has 0 aliphatic carbocycles. The van der Waals surface area contributed by atoms with Crippen LogP contribution in [0.4, 0.5) is 8.78 Å². The fraction of sp³-hybridized carbons (Fsp3) is 0.300. The van der Waals surface area contributed by atoms with E-state index in [2.05, 4.69) is 4.74 Å². The largest absolute Gasteiger partial charge is 0.493 e. The lowest BCUT2D eigenvalue weighted by molar-refractivity contribution is -0.0499. The lowest BCUT2D eigenvalue weighted by Gasteiger charge is -2.09. The second-order valence-electron chi connectivity index (χ2n) is 2.63. The number of aldehydes is 1. The predicted molar refractivity (Wildman–Crippen MR) is 49.6 cm³/mol. The summed E-state index contributed by atoms with van der Waals surface area (Å²) in [4.78, 5) is 10.6. The molecule has 0 heterocycles. The van der Waals surface area contributed by atoms with E-state index in [9.17, 15) is 13.6 Å². The number of hydrogen-bond acceptors (Lipinski definition) is 3. The average molecular weight is 216 g/mol. The molecule has 0 atom stereocenters. The molecule has 15 heavy (non-hydrogen) atoms. The number of rotatable bonds is 5. The summed E-state index contributed by atoms with van der Waals surface area (Å²) in [5, 5.41) is 0. The zero-order chi connectivity index (χ0) is 11.3. The first kappa shape index (κ1) is 11.4. The van der Waals surface area contributed by atoms with E-state index in [0.717, 1.165) is 0 Å². The van der Waals surface area contributed by atoms with Crippen molar-refractivity contribution in [2.45, 2.75) is 13.5 Å². The molecule has 0 amide bonds. The van der Waals surface area contributed by atoms with Crippen LogP contribution in [0.2, 0.25) is 0 Å². The van der Waals surface area contributed by atoms with Gasteiger partial charge in [-0.25, -0.2) is 0 Å². The summed E-state index contributed by atoms with van der Waals surface area (Å²) >= 11 is 0. The lowest BCUT2D eigenvalue weighted by Crippen LogP contribution is -2.03. The Bertz CT molecular complexity index is 339. The fourth-order valence-corrected chi connectivity index (χ4v) is 1.07. The summed E-state index contributed by atoms with van der Waals surface area (Å²) in [5.41, 5.74) is 0.304. The second kappa shape index (κ2) is 5.29. The third-order valence-corrected chi connectivity index (χ3v) is 1.64. The Morgan fingerprint density at radius 3 is 2.73 bits per heavy atom. The molecule has 1 aromatic carbocycles. The van der Waals surface area contributed by atoms with Crippen LogP contribution in [0.15, 0.2) is 18.2 Å². The third-order valence-electron chi connectivity index (χ3n) is 1.64. The van der Waals surface area contributed by atoms with Gasteiger partial charge in [-0.05, 0) is 19.1 Å². The highest BCUT2D eigenvalue weighted by Gasteiger charge is 2.08. The van der Waals surface area contributed by atoms with Crippen molar-refractivity contribution in [2.75, 3.05) is 6.61 Å². The van der Waals surface area contributed by atoms with Gasteiger partial charge in [0.05, 0.1) is 12.2 Å². The van der Waals surface area contributed by atoms with Crippen molar-refractivity contribution in [3.8, 4) is 11.5 Å². The van der Waals surface area contributed by atoms with Gasteiger partial charge in [0.1, 0.15) is 11.5 Å². The summed E-state index contributed by atoms with van der Waals surface area (Å²) < 4.78 is 33.0. The summed E-state index contributed by atoms with van der Waals surface area (Å²) in [6.07, 6.45) is 0.594. The number of ether oxygens (including phenoxy) is 2. The van der Waals surface area contributed by atoms with Gasteiger partial charge >= 0.3 is 6.61 Å². The van der Waals surface area contributed by atoms with Gasteiger partial charge in [-0.3, -0.25) is 4.79 Å². The molecule has 0 saturated heterocycles. The van der Waals surface area contributed by atoms with Gasteiger partial charge in [0.2, 0.25) is 0 Å². The van der Waals surface area contributed by atoms with Crippen LogP contribution < -0.4 is 9.47 Å². The summed E-state index contributed by atoms with van der Waals surface area (Å²) in [5.74, 6) is 0.213. The normalized spacial score (nSPS) is 10.1. The molecule has 0 spiro atoms. The zero-order valence-electron chi connectivity index (χ0n) is 8.07. The number of alkyl halides is 2. The van der Waals surface area contributed by atoms with E-state index in [1.807, 2.05) is 0 Å². The average Bonchev–Trinajstić information content (AvgIpc) is 2.18. The standard InChI is InChI=1S/C10H10F2O3/c1-2-14-9-5-8(15-10(11)12)4-3-7(9)6-13/h3-6,10H,2H2,1H3. The van der Waals surface area contributed by atoms with Crippen molar-refractivity contribution >= 4 is 6.29 Å². The van der Waals surface area contributed by atoms with Gasteiger partial charge in [-0.1, -0.05) is 0 Å². The molecule has 0 bridgehead atoms. The molecule has 3 nitrogen and oxygen atoms in total. The molecule has 0 saturated carbocycles. The summed E-state index contributed by atoms with van der Waals surface area (Å²) in [6.45, 7) is -0.810. The fourth-order valence-electron chi connectivity index (χ4n) is 1.07. The van der Waals surface area contributed by atoms with Crippen LogP contribution in [0.3, 0.4) is 0 Å². The van der Waals surface area contributed by atoms with Crippen LogP contribution in [0, 0.1) is 0 Å². The van der Waals surface area contributed by atoms with Gasteiger partial charge in [-0.15, -0.1) is 0 Å². The van der Waals surface area contributed by atoms with Crippen LogP contribution in [0.5, 0.6) is 11.5 Å². The molecule has 1 aromatic rings. The Hall–Kier alpha value is -1.65. The van der Waals surface area contributed by atoms with Crippen molar-refractivity contribution in [1.82, 2.24) is 0 Å². The molecule has 0 N–H and O–H groups in total. The van der Waals surface area contributed by atoms with E-state index in [-0.39, 0.29) is 11.5 Å². The Balaban J connectivity index is 2.93. The Kier molecular flexibility index (Phi) is 4.03. The highest BCUT2D eigenvalue weighted by Crippen LogP contribution is 2.24. The van der Waals surface area contributed by atoms with Crippen LogP contribution >= 0.6 is 0 Å². The topological polar surface area (TPSA) is 35.5 Å². The first-order chi connectivity index (χ1) is 7.17.